The van der Waals surface area contributed by atoms with Crippen LogP contribution in [0.15, 0.2) is 24.3 Å². The fraction of sp³-hybridized carbons (Fsp3) is 0.538. The fourth-order valence-corrected chi connectivity index (χ4v) is 1.54. The van der Waals surface area contributed by atoms with Crippen molar-refractivity contribution in [2.24, 2.45) is 0 Å². The van der Waals surface area contributed by atoms with Gasteiger partial charge in [-0.2, -0.15) is 13.2 Å². The summed E-state index contributed by atoms with van der Waals surface area (Å²) in [6, 6.07) is 5.82. The molecule has 0 aliphatic rings. The SMILES string of the molecule is CC(C)NCCNCc1cccc(C(F)(F)F)c1. The van der Waals surface area contributed by atoms with Gasteiger partial charge in [0.15, 0.2) is 0 Å². The van der Waals surface area contributed by atoms with Crippen LogP contribution in [0.4, 0.5) is 13.2 Å². The van der Waals surface area contributed by atoms with Crippen LogP contribution in [0.5, 0.6) is 0 Å². The number of halogens is 3. The van der Waals surface area contributed by atoms with Crippen LogP contribution in [-0.4, -0.2) is 19.1 Å². The molecule has 102 valence electrons. The topological polar surface area (TPSA) is 24.1 Å². The summed E-state index contributed by atoms with van der Waals surface area (Å²) in [6.07, 6.45) is -4.27. The summed E-state index contributed by atoms with van der Waals surface area (Å²) < 4.78 is 37.4. The summed E-state index contributed by atoms with van der Waals surface area (Å²) in [6.45, 7) is 6.08. The largest absolute Gasteiger partial charge is 0.416 e. The zero-order chi connectivity index (χ0) is 13.6. The smallest absolute Gasteiger partial charge is 0.313 e. The molecule has 0 heterocycles. The lowest BCUT2D eigenvalue weighted by molar-refractivity contribution is -0.137. The number of hydrogen-bond donors (Lipinski definition) is 2. The van der Waals surface area contributed by atoms with Crippen LogP contribution in [0.3, 0.4) is 0 Å². The molecule has 1 aromatic rings. The van der Waals surface area contributed by atoms with Crippen molar-refractivity contribution >= 4 is 0 Å². The average Bonchev–Trinajstić information content (AvgIpc) is 2.27. The van der Waals surface area contributed by atoms with Gasteiger partial charge >= 0.3 is 6.18 Å². The van der Waals surface area contributed by atoms with Gasteiger partial charge in [0.1, 0.15) is 0 Å². The molecule has 2 nitrogen and oxygen atoms in total. The van der Waals surface area contributed by atoms with Crippen molar-refractivity contribution in [2.75, 3.05) is 13.1 Å². The Kier molecular flexibility index (Phi) is 5.62. The lowest BCUT2D eigenvalue weighted by Crippen LogP contribution is -2.31. The van der Waals surface area contributed by atoms with Crippen molar-refractivity contribution in [3.8, 4) is 0 Å². The minimum absolute atomic E-state index is 0.417. The second-order valence-corrected chi connectivity index (χ2v) is 4.48. The van der Waals surface area contributed by atoms with Crippen molar-refractivity contribution in [3.63, 3.8) is 0 Å². The maximum atomic E-state index is 12.5. The standard InChI is InChI=1S/C13H19F3N2/c1-10(2)18-7-6-17-9-11-4-3-5-12(8-11)13(14,15)16/h3-5,8,10,17-18H,6-7,9H2,1-2H3. The Morgan fingerprint density at radius 3 is 2.50 bits per heavy atom. The molecule has 2 N–H and O–H groups in total. The molecule has 0 radical (unpaired) electrons. The molecule has 0 bridgehead atoms. The highest BCUT2D eigenvalue weighted by atomic mass is 19.4. The van der Waals surface area contributed by atoms with Gasteiger partial charge in [0, 0.05) is 25.7 Å². The zero-order valence-corrected chi connectivity index (χ0v) is 10.6. The Balaban J connectivity index is 2.39. The first-order chi connectivity index (χ1) is 8.39. The average molecular weight is 260 g/mol. The highest BCUT2D eigenvalue weighted by Crippen LogP contribution is 2.29. The molecule has 0 unspecified atom stereocenters. The molecular formula is C13H19F3N2. The van der Waals surface area contributed by atoms with E-state index < -0.39 is 11.7 Å². The Hall–Kier alpha value is -1.07. The number of rotatable bonds is 6. The van der Waals surface area contributed by atoms with Crippen LogP contribution < -0.4 is 10.6 Å². The maximum absolute atomic E-state index is 12.5. The number of benzene rings is 1. The van der Waals surface area contributed by atoms with Crippen LogP contribution in [0.2, 0.25) is 0 Å². The molecule has 0 saturated carbocycles. The fourth-order valence-electron chi connectivity index (χ4n) is 1.54. The molecule has 1 rings (SSSR count). The summed E-state index contributed by atoms with van der Waals surface area (Å²) in [5.74, 6) is 0. The van der Waals surface area contributed by atoms with Gasteiger partial charge in [-0.05, 0) is 11.6 Å². The van der Waals surface area contributed by atoms with E-state index >= 15 is 0 Å². The molecule has 0 atom stereocenters. The van der Waals surface area contributed by atoms with Gasteiger partial charge in [0.2, 0.25) is 0 Å². The third kappa shape index (κ3) is 5.51. The molecule has 0 saturated heterocycles. The van der Waals surface area contributed by atoms with Crippen LogP contribution in [0.25, 0.3) is 0 Å². The van der Waals surface area contributed by atoms with Crippen molar-refractivity contribution in [1.82, 2.24) is 10.6 Å². The van der Waals surface area contributed by atoms with Crippen LogP contribution in [-0.2, 0) is 12.7 Å². The molecule has 0 fully saturated rings. The molecule has 0 aliphatic heterocycles. The maximum Gasteiger partial charge on any atom is 0.416 e. The van der Waals surface area contributed by atoms with Crippen molar-refractivity contribution < 1.29 is 13.2 Å². The van der Waals surface area contributed by atoms with Crippen molar-refractivity contribution in [1.29, 1.82) is 0 Å². The first-order valence-corrected chi connectivity index (χ1v) is 6.00. The lowest BCUT2D eigenvalue weighted by Gasteiger charge is -2.11. The van der Waals surface area contributed by atoms with E-state index in [4.69, 9.17) is 0 Å². The van der Waals surface area contributed by atoms with E-state index in [0.717, 1.165) is 19.2 Å². The van der Waals surface area contributed by atoms with Crippen LogP contribution >= 0.6 is 0 Å². The van der Waals surface area contributed by atoms with Crippen molar-refractivity contribution in [2.45, 2.75) is 32.6 Å². The summed E-state index contributed by atoms with van der Waals surface area (Å²) in [4.78, 5) is 0. The predicted octanol–water partition coefficient (Wildman–Crippen LogP) is 2.79. The van der Waals surface area contributed by atoms with E-state index in [-0.39, 0.29) is 0 Å². The van der Waals surface area contributed by atoms with Gasteiger partial charge in [0.05, 0.1) is 5.56 Å². The normalized spacial score (nSPS) is 12.1. The van der Waals surface area contributed by atoms with E-state index in [1.807, 2.05) is 13.8 Å². The zero-order valence-electron chi connectivity index (χ0n) is 10.6. The second kappa shape index (κ2) is 6.75. The predicted molar refractivity (Wildman–Crippen MR) is 66.3 cm³/mol. The highest BCUT2D eigenvalue weighted by Gasteiger charge is 2.30. The summed E-state index contributed by atoms with van der Waals surface area (Å²) >= 11 is 0. The van der Waals surface area contributed by atoms with E-state index in [1.54, 1.807) is 6.07 Å². The van der Waals surface area contributed by atoms with Gasteiger partial charge in [-0.1, -0.05) is 32.0 Å². The number of nitrogens with one attached hydrogen (secondary N) is 2. The summed E-state index contributed by atoms with van der Waals surface area (Å²) in [5.41, 5.74) is 0.0523. The number of alkyl halides is 3. The van der Waals surface area contributed by atoms with E-state index in [9.17, 15) is 13.2 Å². The minimum atomic E-state index is -4.27. The molecule has 0 aliphatic carbocycles. The molecular weight excluding hydrogens is 241 g/mol. The first kappa shape index (κ1) is 15.0. The summed E-state index contributed by atoms with van der Waals surface area (Å²) in [5, 5.41) is 6.33. The third-order valence-electron chi connectivity index (χ3n) is 2.44. The molecule has 0 amide bonds. The Labute approximate surface area is 106 Å². The molecule has 5 heteroatoms. The minimum Gasteiger partial charge on any atom is -0.313 e. The molecule has 0 spiro atoms. The summed E-state index contributed by atoms with van der Waals surface area (Å²) in [7, 11) is 0. The monoisotopic (exact) mass is 260 g/mol. The third-order valence-corrected chi connectivity index (χ3v) is 2.44. The van der Waals surface area contributed by atoms with Crippen LogP contribution in [0.1, 0.15) is 25.0 Å². The Bertz CT molecular complexity index is 361. The van der Waals surface area contributed by atoms with Gasteiger partial charge in [-0.3, -0.25) is 0 Å². The lowest BCUT2D eigenvalue weighted by atomic mass is 10.1. The van der Waals surface area contributed by atoms with Gasteiger partial charge < -0.3 is 10.6 Å². The van der Waals surface area contributed by atoms with E-state index in [2.05, 4.69) is 10.6 Å². The van der Waals surface area contributed by atoms with Crippen molar-refractivity contribution in [3.05, 3.63) is 35.4 Å². The van der Waals surface area contributed by atoms with Gasteiger partial charge in [-0.15, -0.1) is 0 Å². The van der Waals surface area contributed by atoms with E-state index in [1.165, 1.54) is 12.1 Å². The number of hydrogen-bond acceptors (Lipinski definition) is 2. The van der Waals surface area contributed by atoms with Gasteiger partial charge in [0.25, 0.3) is 0 Å². The quantitative estimate of drug-likeness (QED) is 0.769. The molecule has 18 heavy (non-hydrogen) atoms. The van der Waals surface area contributed by atoms with E-state index in [0.29, 0.717) is 18.2 Å². The first-order valence-electron chi connectivity index (χ1n) is 6.00. The highest BCUT2D eigenvalue weighted by molar-refractivity contribution is 5.25. The Morgan fingerprint density at radius 1 is 1.17 bits per heavy atom. The van der Waals surface area contributed by atoms with Gasteiger partial charge in [-0.25, -0.2) is 0 Å². The second-order valence-electron chi connectivity index (χ2n) is 4.48. The van der Waals surface area contributed by atoms with Crippen LogP contribution in [0, 0.1) is 0 Å². The Morgan fingerprint density at radius 2 is 1.89 bits per heavy atom. The molecule has 1 aromatic carbocycles. The molecule has 0 aromatic heterocycles.